The molecule has 0 aromatic carbocycles. The number of hydrogen-bond acceptors (Lipinski definition) is 6. The Morgan fingerprint density at radius 2 is 1.07 bits per heavy atom. The predicted molar refractivity (Wildman–Crippen MR) is 118 cm³/mol. The van der Waals surface area contributed by atoms with Crippen molar-refractivity contribution >= 4 is 33.3 Å². The number of furan rings is 4. The van der Waals surface area contributed by atoms with Crippen LogP contribution >= 0.6 is 23.5 Å². The van der Waals surface area contributed by atoms with Crippen molar-refractivity contribution in [2.75, 3.05) is 0 Å². The van der Waals surface area contributed by atoms with Gasteiger partial charge in [-0.2, -0.15) is 0 Å². The van der Waals surface area contributed by atoms with Crippen LogP contribution in [-0.4, -0.2) is 0 Å². The SMILES string of the molecule is C(#Cc1ccc(C2=CSC=C(c3ccc(C#Cc4ccco4)o3)S2)o1)c1ccco1. The quantitative estimate of drug-likeness (QED) is 0.334. The Morgan fingerprint density at radius 1 is 0.567 bits per heavy atom. The minimum atomic E-state index is 0.581. The molecule has 4 aromatic rings. The second kappa shape index (κ2) is 8.42. The van der Waals surface area contributed by atoms with Crippen LogP contribution in [-0.2, 0) is 0 Å². The normalized spacial score (nSPS) is 12.9. The Bertz CT molecular complexity index is 1240. The third-order valence-electron chi connectivity index (χ3n) is 3.93. The molecule has 0 N–H and O–H groups in total. The molecule has 0 bridgehead atoms. The molecule has 0 unspecified atom stereocenters. The zero-order valence-electron chi connectivity index (χ0n) is 15.4. The van der Waals surface area contributed by atoms with Gasteiger partial charge in [0.2, 0.25) is 0 Å². The fourth-order valence-electron chi connectivity index (χ4n) is 2.56. The standard InChI is InChI=1S/C24H12O4S2/c1-3-17(25-13-1)5-7-19-9-11-21(27-19)23-15-29-16-24(30-23)22-12-10-20(28-22)8-6-18-4-2-14-26-18/h1-4,9-16H. The second-order valence-corrected chi connectivity index (χ2v) is 7.81. The van der Waals surface area contributed by atoms with Crippen LogP contribution in [0.4, 0.5) is 0 Å². The van der Waals surface area contributed by atoms with Crippen LogP contribution in [0.25, 0.3) is 9.81 Å². The first-order chi connectivity index (χ1) is 14.8. The van der Waals surface area contributed by atoms with Crippen molar-refractivity contribution in [1.29, 1.82) is 0 Å². The molecule has 5 rings (SSSR count). The van der Waals surface area contributed by atoms with Gasteiger partial charge in [-0.05, 0) is 83.0 Å². The fraction of sp³-hybridized carbons (Fsp3) is 0. The molecule has 1 aliphatic heterocycles. The van der Waals surface area contributed by atoms with Crippen molar-refractivity contribution in [2.45, 2.75) is 0 Å². The van der Waals surface area contributed by atoms with Gasteiger partial charge in [-0.3, -0.25) is 0 Å². The molecule has 0 saturated carbocycles. The maximum Gasteiger partial charge on any atom is 0.178 e. The zero-order valence-corrected chi connectivity index (χ0v) is 17.0. The topological polar surface area (TPSA) is 52.6 Å². The summed E-state index contributed by atoms with van der Waals surface area (Å²) < 4.78 is 22.2. The van der Waals surface area contributed by atoms with Crippen LogP contribution in [0, 0.1) is 23.7 Å². The van der Waals surface area contributed by atoms with E-state index < -0.39 is 0 Å². The summed E-state index contributed by atoms with van der Waals surface area (Å²) in [6.07, 6.45) is 3.18. The average Bonchev–Trinajstić information content (AvgIpc) is 3.58. The third kappa shape index (κ3) is 4.21. The number of thioether (sulfide) groups is 2. The van der Waals surface area contributed by atoms with Crippen LogP contribution in [0.2, 0.25) is 0 Å². The van der Waals surface area contributed by atoms with Crippen LogP contribution in [0.15, 0.2) is 89.5 Å². The maximum absolute atomic E-state index is 5.88. The van der Waals surface area contributed by atoms with Crippen molar-refractivity contribution < 1.29 is 17.7 Å². The van der Waals surface area contributed by atoms with E-state index in [4.69, 9.17) is 17.7 Å². The summed E-state index contributed by atoms with van der Waals surface area (Å²) in [7, 11) is 0. The lowest BCUT2D eigenvalue weighted by Crippen LogP contribution is -1.82. The fourth-order valence-corrected chi connectivity index (χ4v) is 4.48. The van der Waals surface area contributed by atoms with Gasteiger partial charge in [-0.1, -0.05) is 11.8 Å². The summed E-state index contributed by atoms with van der Waals surface area (Å²) in [6.45, 7) is 0. The van der Waals surface area contributed by atoms with Gasteiger partial charge in [0.1, 0.15) is 11.5 Å². The van der Waals surface area contributed by atoms with Gasteiger partial charge in [0.15, 0.2) is 23.0 Å². The van der Waals surface area contributed by atoms with Gasteiger partial charge in [-0.25, -0.2) is 0 Å². The van der Waals surface area contributed by atoms with E-state index in [1.54, 1.807) is 60.3 Å². The van der Waals surface area contributed by atoms with Gasteiger partial charge in [0.25, 0.3) is 0 Å². The Balaban J connectivity index is 1.29. The lowest BCUT2D eigenvalue weighted by molar-refractivity contribution is 0.541. The first kappa shape index (κ1) is 18.4. The van der Waals surface area contributed by atoms with Gasteiger partial charge < -0.3 is 17.7 Å². The molecule has 0 aliphatic carbocycles. The molecule has 5 heterocycles. The Morgan fingerprint density at radius 3 is 1.53 bits per heavy atom. The minimum Gasteiger partial charge on any atom is -0.456 e. The molecule has 0 saturated heterocycles. The molecule has 144 valence electrons. The highest BCUT2D eigenvalue weighted by atomic mass is 32.2. The van der Waals surface area contributed by atoms with E-state index in [0.29, 0.717) is 23.0 Å². The van der Waals surface area contributed by atoms with E-state index in [2.05, 4.69) is 23.7 Å². The van der Waals surface area contributed by atoms with Crippen molar-refractivity contribution in [3.8, 4) is 23.7 Å². The van der Waals surface area contributed by atoms with E-state index >= 15 is 0 Å². The van der Waals surface area contributed by atoms with Crippen molar-refractivity contribution in [3.63, 3.8) is 0 Å². The summed E-state index contributed by atoms with van der Waals surface area (Å²) in [4.78, 5) is 1.98. The molecule has 0 amide bonds. The Labute approximate surface area is 181 Å². The number of rotatable bonds is 2. The van der Waals surface area contributed by atoms with Gasteiger partial charge in [0, 0.05) is 0 Å². The van der Waals surface area contributed by atoms with Gasteiger partial charge in [-0.15, -0.1) is 11.8 Å². The van der Waals surface area contributed by atoms with E-state index in [1.807, 2.05) is 35.1 Å². The third-order valence-corrected chi connectivity index (χ3v) is 6.05. The van der Waals surface area contributed by atoms with E-state index in [-0.39, 0.29) is 0 Å². The molecule has 4 aromatic heterocycles. The maximum atomic E-state index is 5.88. The van der Waals surface area contributed by atoms with Gasteiger partial charge >= 0.3 is 0 Å². The lowest BCUT2D eigenvalue weighted by Gasteiger charge is -2.10. The molecule has 4 nitrogen and oxygen atoms in total. The minimum absolute atomic E-state index is 0.581. The highest BCUT2D eigenvalue weighted by molar-refractivity contribution is 8.20. The van der Waals surface area contributed by atoms with Crippen LogP contribution in [0.3, 0.4) is 0 Å². The van der Waals surface area contributed by atoms with Crippen molar-refractivity contribution in [2.24, 2.45) is 0 Å². The lowest BCUT2D eigenvalue weighted by atomic mass is 10.4. The Kier molecular flexibility index (Phi) is 5.18. The van der Waals surface area contributed by atoms with Crippen LogP contribution in [0.1, 0.15) is 34.6 Å². The summed E-state index contributed by atoms with van der Waals surface area (Å²) in [5, 5.41) is 4.08. The predicted octanol–water partition coefficient (Wildman–Crippen LogP) is 6.64. The van der Waals surface area contributed by atoms with Crippen molar-refractivity contribution in [1.82, 2.24) is 0 Å². The molecular formula is C24H12O4S2. The first-order valence-corrected chi connectivity index (χ1v) is 10.6. The highest BCUT2D eigenvalue weighted by Crippen LogP contribution is 2.46. The zero-order chi connectivity index (χ0) is 20.2. The molecule has 30 heavy (non-hydrogen) atoms. The summed E-state index contributed by atoms with van der Waals surface area (Å²) in [5.74, 6) is 15.7. The summed E-state index contributed by atoms with van der Waals surface area (Å²) >= 11 is 3.15. The summed E-state index contributed by atoms with van der Waals surface area (Å²) in [5.41, 5.74) is 0. The van der Waals surface area contributed by atoms with Gasteiger partial charge in [0.05, 0.1) is 22.3 Å². The highest BCUT2D eigenvalue weighted by Gasteiger charge is 2.17. The van der Waals surface area contributed by atoms with Crippen molar-refractivity contribution in [3.05, 3.63) is 106 Å². The van der Waals surface area contributed by atoms with E-state index in [1.165, 1.54) is 0 Å². The van der Waals surface area contributed by atoms with Crippen LogP contribution < -0.4 is 0 Å². The molecule has 0 radical (unpaired) electrons. The van der Waals surface area contributed by atoms with E-state index in [0.717, 1.165) is 21.3 Å². The smallest absolute Gasteiger partial charge is 0.178 e. The number of hydrogen-bond donors (Lipinski definition) is 0. The largest absolute Gasteiger partial charge is 0.456 e. The Hall–Kier alpha value is -3.58. The summed E-state index contributed by atoms with van der Waals surface area (Å²) in [6, 6.07) is 14.7. The molecule has 0 fully saturated rings. The monoisotopic (exact) mass is 428 g/mol. The molecule has 6 heteroatoms. The molecule has 0 spiro atoms. The van der Waals surface area contributed by atoms with E-state index in [9.17, 15) is 0 Å². The average molecular weight is 428 g/mol. The molecule has 1 aliphatic rings. The van der Waals surface area contributed by atoms with Crippen LogP contribution in [0.5, 0.6) is 0 Å². The molecular weight excluding hydrogens is 416 g/mol. The first-order valence-electron chi connectivity index (χ1n) is 8.89. The molecule has 0 atom stereocenters. The second-order valence-electron chi connectivity index (χ2n) is 5.98.